The maximum absolute atomic E-state index is 13.6. The van der Waals surface area contributed by atoms with Crippen molar-refractivity contribution in [3.8, 4) is 11.5 Å². The molecule has 6 nitrogen and oxygen atoms in total. The van der Waals surface area contributed by atoms with Crippen molar-refractivity contribution in [1.82, 2.24) is 4.57 Å². The fourth-order valence-corrected chi connectivity index (χ4v) is 5.60. The van der Waals surface area contributed by atoms with Crippen LogP contribution in [0.5, 0.6) is 11.5 Å². The Labute approximate surface area is 224 Å². The van der Waals surface area contributed by atoms with Gasteiger partial charge in [0.05, 0.1) is 21.2 Å². The Morgan fingerprint density at radius 1 is 1.08 bits per heavy atom. The molecule has 3 aromatic carbocycles. The molecule has 0 aliphatic heterocycles. The van der Waals surface area contributed by atoms with Crippen LogP contribution in [0.2, 0.25) is 5.02 Å². The van der Waals surface area contributed by atoms with Crippen molar-refractivity contribution in [2.45, 2.75) is 49.1 Å². The number of hydrogen-bond donors (Lipinski definition) is 1. The molecule has 11 heteroatoms. The Kier molecular flexibility index (Phi) is 8.03. The van der Waals surface area contributed by atoms with E-state index < -0.39 is 35.0 Å². The van der Waals surface area contributed by atoms with Gasteiger partial charge in [-0.3, -0.25) is 0 Å². The lowest BCUT2D eigenvalue weighted by atomic mass is 10.2. The summed E-state index contributed by atoms with van der Waals surface area (Å²) < 4.78 is 64.0. The zero-order valence-electron chi connectivity index (χ0n) is 20.3. The molecule has 1 heterocycles. The maximum atomic E-state index is 13.6. The highest BCUT2D eigenvalue weighted by Gasteiger charge is 2.32. The molecule has 200 valence electrons. The summed E-state index contributed by atoms with van der Waals surface area (Å²) >= 11 is 5.97. The number of nitrogens with zero attached hydrogens (tertiary/aromatic N) is 1. The zero-order valence-corrected chi connectivity index (χ0v) is 21.9. The molecule has 0 amide bonds. The van der Waals surface area contributed by atoms with Gasteiger partial charge in [-0.2, -0.15) is 0 Å². The highest BCUT2D eigenvalue weighted by Crippen LogP contribution is 2.36. The lowest BCUT2D eigenvalue weighted by molar-refractivity contribution is -0.274. The second-order valence-corrected chi connectivity index (χ2v) is 10.3. The van der Waals surface area contributed by atoms with Crippen LogP contribution in [0.1, 0.15) is 24.6 Å². The van der Waals surface area contributed by atoms with E-state index in [1.54, 1.807) is 56.3 Å². The number of aromatic nitrogens is 1. The standard InChI is InChI=1S/C27H23ClF3NO5S/c1-3-24(26(33)34)36-19-6-4-5-17(13-19)15-32-16(2)25(38(35)21-10-7-18(28)8-11-21)22-14-20(9-12-23(22)32)37-27(29,30)31/h4-14,24H,3,15H2,1-2H3,(H,33,34). The van der Waals surface area contributed by atoms with E-state index in [0.29, 0.717) is 37.2 Å². The molecule has 38 heavy (non-hydrogen) atoms. The molecule has 0 bridgehead atoms. The fourth-order valence-electron chi connectivity index (χ4n) is 4.11. The molecular weight excluding hydrogens is 543 g/mol. The summed E-state index contributed by atoms with van der Waals surface area (Å²) in [5, 5.41) is 10.1. The molecule has 4 rings (SSSR count). The van der Waals surface area contributed by atoms with Crippen LogP contribution in [-0.2, 0) is 22.1 Å². The number of benzene rings is 3. The smallest absolute Gasteiger partial charge is 0.479 e. The van der Waals surface area contributed by atoms with E-state index in [1.807, 2.05) is 10.6 Å². The van der Waals surface area contributed by atoms with Gasteiger partial charge in [-0.1, -0.05) is 30.7 Å². The van der Waals surface area contributed by atoms with Gasteiger partial charge in [0, 0.05) is 27.5 Å². The van der Waals surface area contributed by atoms with Crippen molar-refractivity contribution in [3.05, 3.63) is 83.0 Å². The zero-order chi connectivity index (χ0) is 27.6. The minimum atomic E-state index is -4.88. The summed E-state index contributed by atoms with van der Waals surface area (Å²) in [6, 6.07) is 17.2. The Balaban J connectivity index is 1.79. The molecule has 2 unspecified atom stereocenters. The molecule has 4 aromatic rings. The molecule has 1 aromatic heterocycles. The summed E-state index contributed by atoms with van der Waals surface area (Å²) in [6.07, 6.45) is -5.60. The van der Waals surface area contributed by atoms with Crippen molar-refractivity contribution in [3.63, 3.8) is 0 Å². The van der Waals surface area contributed by atoms with E-state index in [1.165, 1.54) is 18.2 Å². The number of hydrogen-bond acceptors (Lipinski definition) is 4. The highest BCUT2D eigenvalue weighted by molar-refractivity contribution is 7.85. The van der Waals surface area contributed by atoms with Crippen LogP contribution in [-0.4, -0.2) is 32.3 Å². The van der Waals surface area contributed by atoms with Crippen LogP contribution in [0, 0.1) is 6.92 Å². The Morgan fingerprint density at radius 3 is 2.42 bits per heavy atom. The minimum Gasteiger partial charge on any atom is -0.479 e. The number of carboxylic acids is 1. The molecule has 0 radical (unpaired) electrons. The van der Waals surface area contributed by atoms with Crippen molar-refractivity contribution in [2.75, 3.05) is 0 Å². The lowest BCUT2D eigenvalue weighted by Gasteiger charge is -2.15. The van der Waals surface area contributed by atoms with Crippen molar-refractivity contribution in [1.29, 1.82) is 0 Å². The van der Waals surface area contributed by atoms with Gasteiger partial charge in [-0.25, -0.2) is 9.00 Å². The van der Waals surface area contributed by atoms with Crippen LogP contribution in [0.15, 0.2) is 76.5 Å². The average Bonchev–Trinajstić information content (AvgIpc) is 3.12. The summed E-state index contributed by atoms with van der Waals surface area (Å²) in [7, 11) is -1.73. The predicted molar refractivity (Wildman–Crippen MR) is 137 cm³/mol. The quantitative estimate of drug-likeness (QED) is 0.237. The third-order valence-corrected chi connectivity index (χ3v) is 7.69. The number of carbonyl (C=O) groups is 1. The first kappa shape index (κ1) is 27.5. The Morgan fingerprint density at radius 2 is 1.79 bits per heavy atom. The Hall–Kier alpha value is -3.50. The van der Waals surface area contributed by atoms with Crippen LogP contribution in [0.3, 0.4) is 0 Å². The largest absolute Gasteiger partial charge is 0.573 e. The van der Waals surface area contributed by atoms with Gasteiger partial charge in [0.15, 0.2) is 6.10 Å². The van der Waals surface area contributed by atoms with Crippen LogP contribution < -0.4 is 9.47 Å². The van der Waals surface area contributed by atoms with E-state index in [0.717, 1.165) is 5.56 Å². The van der Waals surface area contributed by atoms with Gasteiger partial charge in [-0.15, -0.1) is 13.2 Å². The van der Waals surface area contributed by atoms with E-state index in [-0.39, 0.29) is 13.0 Å². The second kappa shape index (κ2) is 11.1. The van der Waals surface area contributed by atoms with Crippen LogP contribution >= 0.6 is 11.6 Å². The molecule has 0 aliphatic rings. The molecule has 1 N–H and O–H groups in total. The first-order chi connectivity index (χ1) is 18.0. The number of carboxylic acid groups (broad SMARTS) is 1. The predicted octanol–water partition coefficient (Wildman–Crippen LogP) is 6.96. The molecule has 0 saturated heterocycles. The molecule has 0 fully saturated rings. The third kappa shape index (κ3) is 6.14. The first-order valence-electron chi connectivity index (χ1n) is 11.5. The Bertz CT molecular complexity index is 1500. The maximum Gasteiger partial charge on any atom is 0.573 e. The molecule has 0 spiro atoms. The van der Waals surface area contributed by atoms with Crippen molar-refractivity contribution >= 4 is 39.3 Å². The number of rotatable bonds is 9. The van der Waals surface area contributed by atoms with Crippen molar-refractivity contribution in [2.24, 2.45) is 0 Å². The van der Waals surface area contributed by atoms with E-state index in [2.05, 4.69) is 4.74 Å². The van der Waals surface area contributed by atoms with E-state index in [9.17, 15) is 27.3 Å². The normalized spacial score (nSPS) is 13.3. The molecule has 0 aliphatic carbocycles. The summed E-state index contributed by atoms with van der Waals surface area (Å²) in [6.45, 7) is 3.71. The fraction of sp³-hybridized carbons (Fsp3) is 0.222. The number of fused-ring (bicyclic) bond motifs is 1. The monoisotopic (exact) mass is 565 g/mol. The molecular formula is C27H23ClF3NO5S. The lowest BCUT2D eigenvalue weighted by Crippen LogP contribution is -2.25. The highest BCUT2D eigenvalue weighted by atomic mass is 35.5. The number of aliphatic carboxylic acids is 1. The molecule has 0 saturated carbocycles. The van der Waals surface area contributed by atoms with E-state index in [4.69, 9.17) is 16.3 Å². The van der Waals surface area contributed by atoms with Crippen molar-refractivity contribution < 1.29 is 36.8 Å². The number of halogens is 4. The SMILES string of the molecule is CCC(Oc1cccc(Cn2c(C)c(S(=O)c3ccc(Cl)cc3)c3cc(OC(F)(F)F)ccc32)c1)C(=O)O. The van der Waals surface area contributed by atoms with Gasteiger partial charge < -0.3 is 19.1 Å². The minimum absolute atomic E-state index is 0.265. The topological polar surface area (TPSA) is 77.8 Å². The van der Waals surface area contributed by atoms with Gasteiger partial charge >= 0.3 is 12.3 Å². The van der Waals surface area contributed by atoms with Gasteiger partial charge in [0.25, 0.3) is 0 Å². The van der Waals surface area contributed by atoms with E-state index >= 15 is 0 Å². The van der Waals surface area contributed by atoms with Gasteiger partial charge in [0.2, 0.25) is 0 Å². The number of ether oxygens (including phenoxy) is 2. The van der Waals surface area contributed by atoms with Gasteiger partial charge in [-0.05, 0) is 73.5 Å². The van der Waals surface area contributed by atoms with Crippen LogP contribution in [0.25, 0.3) is 10.9 Å². The summed E-state index contributed by atoms with van der Waals surface area (Å²) in [4.78, 5) is 12.2. The second-order valence-electron chi connectivity index (χ2n) is 8.45. The third-order valence-electron chi connectivity index (χ3n) is 5.85. The van der Waals surface area contributed by atoms with Gasteiger partial charge in [0.1, 0.15) is 11.5 Å². The molecule has 2 atom stereocenters. The van der Waals surface area contributed by atoms with Crippen LogP contribution in [0.4, 0.5) is 13.2 Å². The first-order valence-corrected chi connectivity index (χ1v) is 13.0. The average molecular weight is 566 g/mol. The summed E-state index contributed by atoms with van der Waals surface area (Å²) in [5.74, 6) is -1.13. The summed E-state index contributed by atoms with van der Waals surface area (Å²) in [5.41, 5.74) is 1.89. The number of alkyl halides is 3.